The molecule has 1 unspecified atom stereocenters. The quantitative estimate of drug-likeness (QED) is 0.724. The Morgan fingerprint density at radius 2 is 2.09 bits per heavy atom. The van der Waals surface area contributed by atoms with Gasteiger partial charge in [-0.3, -0.25) is 4.98 Å². The number of rotatable bonds is 6. The second-order valence-corrected chi connectivity index (χ2v) is 7.29. The fourth-order valence-corrected chi connectivity index (χ4v) is 4.51. The lowest BCUT2D eigenvalue weighted by atomic mass is 10.2. The number of unbranched alkanes of at least 4 members (excludes halogenated alkanes) is 1. The van der Waals surface area contributed by atoms with E-state index in [4.69, 9.17) is 4.74 Å². The van der Waals surface area contributed by atoms with Gasteiger partial charge in [0.2, 0.25) is 0 Å². The number of hydrogen-bond acceptors (Lipinski definition) is 5. The smallest absolute Gasteiger partial charge is 0.119 e. The standard InChI is InChI=1S/C17H20N2OS2/c1-3-4-5-17-19(13-6-8-14(20-2)9-7-13)11-16(22-17)15-10-18-12-21-15/h6-12,17H,3-5H2,1-2H3. The molecule has 0 amide bonds. The van der Waals surface area contributed by atoms with Crippen LogP contribution in [0.15, 0.2) is 42.2 Å². The van der Waals surface area contributed by atoms with Gasteiger partial charge in [-0.05, 0) is 30.7 Å². The molecule has 0 saturated carbocycles. The fraction of sp³-hybridized carbons (Fsp3) is 0.353. The number of nitrogens with zero attached hydrogens (tertiary/aromatic N) is 2. The minimum absolute atomic E-state index is 0.463. The predicted molar refractivity (Wildman–Crippen MR) is 96.5 cm³/mol. The maximum absolute atomic E-state index is 5.26. The van der Waals surface area contributed by atoms with Crippen LogP contribution in [0.2, 0.25) is 0 Å². The Morgan fingerprint density at radius 1 is 1.27 bits per heavy atom. The van der Waals surface area contributed by atoms with Crippen LogP contribution >= 0.6 is 23.1 Å². The summed E-state index contributed by atoms with van der Waals surface area (Å²) in [5.41, 5.74) is 3.11. The highest BCUT2D eigenvalue weighted by atomic mass is 32.2. The van der Waals surface area contributed by atoms with Crippen LogP contribution in [0.25, 0.3) is 4.91 Å². The van der Waals surface area contributed by atoms with Crippen molar-refractivity contribution < 1.29 is 4.74 Å². The summed E-state index contributed by atoms with van der Waals surface area (Å²) < 4.78 is 5.26. The van der Waals surface area contributed by atoms with Crippen LogP contribution in [0.4, 0.5) is 5.69 Å². The highest BCUT2D eigenvalue weighted by molar-refractivity contribution is 8.09. The van der Waals surface area contributed by atoms with Gasteiger partial charge in [-0.2, -0.15) is 0 Å². The zero-order valence-electron chi connectivity index (χ0n) is 12.9. The van der Waals surface area contributed by atoms with Crippen LogP contribution in [0.3, 0.4) is 0 Å². The molecule has 22 heavy (non-hydrogen) atoms. The molecule has 0 N–H and O–H groups in total. The average Bonchev–Trinajstić information content (AvgIpc) is 3.22. The molecule has 0 fully saturated rings. The Balaban J connectivity index is 1.85. The molecule has 1 aromatic carbocycles. The van der Waals surface area contributed by atoms with E-state index in [0.717, 1.165) is 5.75 Å². The number of anilines is 1. The molecular weight excluding hydrogens is 312 g/mol. The van der Waals surface area contributed by atoms with Crippen molar-refractivity contribution in [3.8, 4) is 5.75 Å². The van der Waals surface area contributed by atoms with Crippen molar-refractivity contribution in [1.29, 1.82) is 0 Å². The van der Waals surface area contributed by atoms with Crippen molar-refractivity contribution in [2.75, 3.05) is 12.0 Å². The van der Waals surface area contributed by atoms with Gasteiger partial charge >= 0.3 is 0 Å². The topological polar surface area (TPSA) is 25.4 Å². The number of ether oxygens (including phenoxy) is 1. The maximum Gasteiger partial charge on any atom is 0.119 e. The van der Waals surface area contributed by atoms with Gasteiger partial charge in [0.25, 0.3) is 0 Å². The third-order valence-electron chi connectivity index (χ3n) is 3.68. The first kappa shape index (κ1) is 15.4. The lowest BCUT2D eigenvalue weighted by molar-refractivity contribution is 0.415. The van der Waals surface area contributed by atoms with E-state index >= 15 is 0 Å². The fourth-order valence-electron chi connectivity index (χ4n) is 2.47. The first-order valence-corrected chi connectivity index (χ1v) is 9.27. The Bertz CT molecular complexity index is 623. The average molecular weight is 332 g/mol. The normalized spacial score (nSPS) is 17.6. The summed E-state index contributed by atoms with van der Waals surface area (Å²) >= 11 is 3.65. The minimum atomic E-state index is 0.463. The molecule has 1 aromatic heterocycles. The summed E-state index contributed by atoms with van der Waals surface area (Å²) in [5, 5.41) is 0.463. The van der Waals surface area contributed by atoms with E-state index in [-0.39, 0.29) is 0 Å². The van der Waals surface area contributed by atoms with Crippen LogP contribution < -0.4 is 9.64 Å². The molecule has 1 atom stereocenters. The van der Waals surface area contributed by atoms with Gasteiger partial charge in [0.15, 0.2) is 0 Å². The summed E-state index contributed by atoms with van der Waals surface area (Å²) in [6, 6.07) is 8.31. The molecule has 2 heterocycles. The van der Waals surface area contributed by atoms with Crippen molar-refractivity contribution in [2.24, 2.45) is 0 Å². The number of thioether (sulfide) groups is 1. The maximum atomic E-state index is 5.26. The van der Waals surface area contributed by atoms with E-state index in [1.54, 1.807) is 18.4 Å². The zero-order chi connectivity index (χ0) is 15.4. The molecular formula is C17H20N2OS2. The van der Waals surface area contributed by atoms with Gasteiger partial charge in [-0.1, -0.05) is 31.5 Å². The van der Waals surface area contributed by atoms with Crippen molar-refractivity contribution in [2.45, 2.75) is 31.6 Å². The summed E-state index contributed by atoms with van der Waals surface area (Å²) in [7, 11) is 1.70. The van der Waals surface area contributed by atoms with E-state index in [0.29, 0.717) is 5.37 Å². The lowest BCUT2D eigenvalue weighted by Crippen LogP contribution is -2.23. The summed E-state index contributed by atoms with van der Waals surface area (Å²) in [4.78, 5) is 9.16. The van der Waals surface area contributed by atoms with Crippen molar-refractivity contribution in [1.82, 2.24) is 4.98 Å². The molecule has 5 heteroatoms. The molecule has 0 spiro atoms. The van der Waals surface area contributed by atoms with Crippen LogP contribution in [0.5, 0.6) is 5.75 Å². The zero-order valence-corrected chi connectivity index (χ0v) is 14.5. The Hall–Kier alpha value is -1.46. The van der Waals surface area contributed by atoms with E-state index in [1.165, 1.54) is 34.7 Å². The monoisotopic (exact) mass is 332 g/mol. The summed E-state index contributed by atoms with van der Waals surface area (Å²) in [5.74, 6) is 0.896. The summed E-state index contributed by atoms with van der Waals surface area (Å²) in [6.07, 6.45) is 7.88. The van der Waals surface area contributed by atoms with Gasteiger partial charge in [0.05, 0.1) is 22.9 Å². The summed E-state index contributed by atoms with van der Waals surface area (Å²) in [6.45, 7) is 2.24. The van der Waals surface area contributed by atoms with Gasteiger partial charge in [-0.15, -0.1) is 11.3 Å². The molecule has 0 saturated heterocycles. The Labute approximate surface area is 140 Å². The first-order valence-electron chi connectivity index (χ1n) is 7.51. The van der Waals surface area contributed by atoms with Crippen LogP contribution in [0.1, 0.15) is 31.1 Å². The lowest BCUT2D eigenvalue weighted by Gasteiger charge is -2.24. The number of methoxy groups -OCH3 is 1. The number of benzene rings is 1. The molecule has 1 aliphatic heterocycles. The largest absolute Gasteiger partial charge is 0.497 e. The molecule has 0 radical (unpaired) electrons. The number of aromatic nitrogens is 1. The molecule has 0 bridgehead atoms. The second kappa shape index (κ2) is 7.20. The Morgan fingerprint density at radius 3 is 2.73 bits per heavy atom. The van der Waals surface area contributed by atoms with E-state index < -0.39 is 0 Å². The Kier molecular flexibility index (Phi) is 5.05. The molecule has 2 aromatic rings. The highest BCUT2D eigenvalue weighted by Crippen LogP contribution is 2.44. The van der Waals surface area contributed by atoms with Gasteiger partial charge in [0.1, 0.15) is 5.75 Å². The van der Waals surface area contributed by atoms with E-state index in [2.05, 4.69) is 35.1 Å². The van der Waals surface area contributed by atoms with Gasteiger partial charge in [-0.25, -0.2) is 0 Å². The van der Waals surface area contributed by atoms with Crippen LogP contribution in [-0.4, -0.2) is 17.5 Å². The van der Waals surface area contributed by atoms with Crippen molar-refractivity contribution in [3.63, 3.8) is 0 Å². The van der Waals surface area contributed by atoms with Gasteiger partial charge < -0.3 is 9.64 Å². The predicted octanol–water partition coefficient (Wildman–Crippen LogP) is 5.22. The minimum Gasteiger partial charge on any atom is -0.497 e. The highest BCUT2D eigenvalue weighted by Gasteiger charge is 2.27. The van der Waals surface area contributed by atoms with Crippen molar-refractivity contribution in [3.05, 3.63) is 47.0 Å². The molecule has 1 aliphatic rings. The third kappa shape index (κ3) is 3.31. The molecule has 0 aliphatic carbocycles. The van der Waals surface area contributed by atoms with Gasteiger partial charge in [0, 0.05) is 23.0 Å². The third-order valence-corrected chi connectivity index (χ3v) is 5.93. The number of thiazole rings is 1. The molecule has 3 nitrogen and oxygen atoms in total. The molecule has 3 rings (SSSR count). The SMILES string of the molecule is CCCCC1SC(c2cncs2)=CN1c1ccc(OC)cc1. The van der Waals surface area contributed by atoms with E-state index in [9.17, 15) is 0 Å². The van der Waals surface area contributed by atoms with Crippen LogP contribution in [-0.2, 0) is 0 Å². The van der Waals surface area contributed by atoms with E-state index in [1.807, 2.05) is 35.6 Å². The first-order chi connectivity index (χ1) is 10.8. The molecule has 116 valence electrons. The van der Waals surface area contributed by atoms with Crippen molar-refractivity contribution >= 4 is 33.7 Å². The van der Waals surface area contributed by atoms with Crippen LogP contribution in [0, 0.1) is 0 Å². The second-order valence-electron chi connectivity index (χ2n) is 5.18. The number of hydrogen-bond donors (Lipinski definition) is 0.